The third-order valence-corrected chi connectivity index (χ3v) is 3.96. The number of nitrogens with zero attached hydrogens (tertiary/aromatic N) is 2. The molecule has 0 aliphatic heterocycles. The van der Waals surface area contributed by atoms with Crippen LogP contribution >= 0.6 is 0 Å². The van der Waals surface area contributed by atoms with E-state index < -0.39 is 18.5 Å². The molecule has 2 aromatic carbocycles. The lowest BCUT2D eigenvalue weighted by atomic mass is 10.0. The number of hydrogen-bond acceptors (Lipinski definition) is 6. The van der Waals surface area contributed by atoms with Gasteiger partial charge in [0.25, 0.3) is 5.91 Å². The Morgan fingerprint density at radius 2 is 1.57 bits per heavy atom. The van der Waals surface area contributed by atoms with Crippen molar-refractivity contribution in [3.8, 4) is 0 Å². The van der Waals surface area contributed by atoms with Crippen LogP contribution in [-0.2, 0) is 9.53 Å². The molecule has 1 heterocycles. The fraction of sp³-hybridized carbons (Fsp3) is 0.143. The molecule has 0 aliphatic carbocycles. The van der Waals surface area contributed by atoms with Gasteiger partial charge in [-0.25, -0.2) is 10.2 Å². The molecule has 0 saturated heterocycles. The summed E-state index contributed by atoms with van der Waals surface area (Å²) in [5.41, 5.74) is 5.38. The van der Waals surface area contributed by atoms with E-state index in [4.69, 9.17) is 9.26 Å². The van der Waals surface area contributed by atoms with Crippen molar-refractivity contribution in [2.45, 2.75) is 13.8 Å². The van der Waals surface area contributed by atoms with Crippen LogP contribution in [0.3, 0.4) is 0 Å². The normalized spacial score (nSPS) is 10.2. The van der Waals surface area contributed by atoms with Gasteiger partial charge >= 0.3 is 5.97 Å². The average Bonchev–Trinajstić information content (AvgIpc) is 3.06. The van der Waals surface area contributed by atoms with E-state index >= 15 is 0 Å². The van der Waals surface area contributed by atoms with E-state index in [1.54, 1.807) is 13.8 Å². The molecule has 1 aromatic heterocycles. The van der Waals surface area contributed by atoms with E-state index in [2.05, 4.69) is 15.7 Å². The number of aryl methyl sites for hydroxylation is 2. The number of rotatable bonds is 6. The largest absolute Gasteiger partial charge is 0.452 e. The van der Waals surface area contributed by atoms with E-state index in [1.165, 1.54) is 0 Å². The van der Waals surface area contributed by atoms with Crippen LogP contribution in [0, 0.1) is 13.8 Å². The highest BCUT2D eigenvalue weighted by Crippen LogP contribution is 2.13. The monoisotopic (exact) mass is 377 g/mol. The van der Waals surface area contributed by atoms with Gasteiger partial charge in [-0.15, -0.1) is 0 Å². The highest BCUT2D eigenvalue weighted by atomic mass is 16.5. The van der Waals surface area contributed by atoms with E-state index in [0.29, 0.717) is 17.2 Å². The number of carbonyl (C=O) groups is 2. The Bertz CT molecular complexity index is 934. The van der Waals surface area contributed by atoms with Gasteiger partial charge < -0.3 is 9.26 Å². The number of carbonyl (C=O) groups excluding carboxylic acids is 2. The number of benzene rings is 2. The van der Waals surface area contributed by atoms with Gasteiger partial charge in [0.1, 0.15) is 11.3 Å². The number of hydrazone groups is 1. The Morgan fingerprint density at radius 1 is 1.00 bits per heavy atom. The second-order valence-electron chi connectivity index (χ2n) is 6.00. The number of ether oxygens (including phenoxy) is 1. The van der Waals surface area contributed by atoms with Crippen LogP contribution in [0.1, 0.15) is 32.9 Å². The molecule has 7 nitrogen and oxygen atoms in total. The zero-order chi connectivity index (χ0) is 19.9. The summed E-state index contributed by atoms with van der Waals surface area (Å²) in [6.45, 7) is 2.76. The highest BCUT2D eigenvalue weighted by Gasteiger charge is 2.20. The number of amides is 1. The number of esters is 1. The smallest absolute Gasteiger partial charge is 0.344 e. The third kappa shape index (κ3) is 4.50. The molecule has 0 spiro atoms. The van der Waals surface area contributed by atoms with Gasteiger partial charge in [-0.05, 0) is 13.8 Å². The lowest BCUT2D eigenvalue weighted by Crippen LogP contribution is -2.26. The maximum Gasteiger partial charge on any atom is 0.344 e. The van der Waals surface area contributed by atoms with Gasteiger partial charge in [0, 0.05) is 11.1 Å². The summed E-state index contributed by atoms with van der Waals surface area (Å²) in [5, 5.41) is 7.93. The van der Waals surface area contributed by atoms with Crippen LogP contribution in [-0.4, -0.2) is 29.4 Å². The first-order valence-corrected chi connectivity index (χ1v) is 8.63. The number of aromatic nitrogens is 1. The van der Waals surface area contributed by atoms with Crippen molar-refractivity contribution >= 4 is 17.6 Å². The maximum atomic E-state index is 12.1. The number of nitrogens with one attached hydrogen (secondary N) is 1. The molecule has 0 bridgehead atoms. The van der Waals surface area contributed by atoms with E-state index in [1.807, 2.05) is 60.7 Å². The fourth-order valence-electron chi connectivity index (χ4n) is 2.62. The lowest BCUT2D eigenvalue weighted by molar-refractivity contribution is -0.124. The molecule has 1 N–H and O–H groups in total. The SMILES string of the molecule is Cc1noc(C)c1C(=O)OCC(=O)NN=C(c1ccccc1)c1ccccc1. The summed E-state index contributed by atoms with van der Waals surface area (Å²) in [6.07, 6.45) is 0. The molecule has 0 atom stereocenters. The molecule has 0 aliphatic rings. The molecular formula is C21H19N3O4. The minimum absolute atomic E-state index is 0.227. The predicted molar refractivity (Wildman–Crippen MR) is 103 cm³/mol. The van der Waals surface area contributed by atoms with Crippen LogP contribution < -0.4 is 5.43 Å². The van der Waals surface area contributed by atoms with Crippen LogP contribution in [0.5, 0.6) is 0 Å². The summed E-state index contributed by atoms with van der Waals surface area (Å²) in [7, 11) is 0. The molecule has 0 fully saturated rings. The molecule has 3 rings (SSSR count). The van der Waals surface area contributed by atoms with Gasteiger partial charge in [0.15, 0.2) is 6.61 Å². The Kier molecular flexibility index (Phi) is 5.96. The van der Waals surface area contributed by atoms with Crippen molar-refractivity contribution in [3.63, 3.8) is 0 Å². The summed E-state index contributed by atoms with van der Waals surface area (Å²) in [4.78, 5) is 24.2. The molecular weight excluding hydrogens is 358 g/mol. The Hall–Kier alpha value is -3.74. The number of hydrogen-bond donors (Lipinski definition) is 1. The summed E-state index contributed by atoms with van der Waals surface area (Å²) in [5.74, 6) is -0.873. The van der Waals surface area contributed by atoms with Crippen molar-refractivity contribution in [3.05, 3.63) is 88.8 Å². The molecule has 0 saturated carbocycles. The summed E-state index contributed by atoms with van der Waals surface area (Å²) in [6, 6.07) is 19.0. The van der Waals surface area contributed by atoms with Crippen LogP contribution in [0.2, 0.25) is 0 Å². The third-order valence-electron chi connectivity index (χ3n) is 3.96. The van der Waals surface area contributed by atoms with E-state index in [9.17, 15) is 9.59 Å². The van der Waals surface area contributed by atoms with E-state index in [-0.39, 0.29) is 5.56 Å². The van der Waals surface area contributed by atoms with Gasteiger partial charge in [-0.2, -0.15) is 5.10 Å². The second kappa shape index (κ2) is 8.77. The topological polar surface area (TPSA) is 93.8 Å². The van der Waals surface area contributed by atoms with Crippen LogP contribution in [0.4, 0.5) is 0 Å². The van der Waals surface area contributed by atoms with Crippen molar-refractivity contribution in [1.29, 1.82) is 0 Å². The standard InChI is InChI=1S/C21H19N3O4/c1-14-19(15(2)28-24-14)21(26)27-13-18(25)22-23-20(16-9-5-3-6-10-16)17-11-7-4-8-12-17/h3-12H,13H2,1-2H3,(H,22,25). The second-order valence-corrected chi connectivity index (χ2v) is 6.00. The molecule has 1 amide bonds. The Labute approximate surface area is 162 Å². The zero-order valence-electron chi connectivity index (χ0n) is 15.5. The molecule has 0 radical (unpaired) electrons. The van der Waals surface area contributed by atoms with Crippen LogP contribution in [0.25, 0.3) is 0 Å². The van der Waals surface area contributed by atoms with Crippen molar-refractivity contribution < 1.29 is 18.8 Å². The molecule has 142 valence electrons. The zero-order valence-corrected chi connectivity index (χ0v) is 15.5. The Morgan fingerprint density at radius 3 is 2.07 bits per heavy atom. The molecule has 3 aromatic rings. The summed E-state index contributed by atoms with van der Waals surface area (Å²) >= 11 is 0. The Balaban J connectivity index is 1.69. The first-order valence-electron chi connectivity index (χ1n) is 8.63. The molecule has 28 heavy (non-hydrogen) atoms. The minimum Gasteiger partial charge on any atom is -0.452 e. The lowest BCUT2D eigenvalue weighted by Gasteiger charge is -2.08. The quantitative estimate of drug-likeness (QED) is 0.405. The van der Waals surface area contributed by atoms with E-state index in [0.717, 1.165) is 11.1 Å². The molecule has 7 heteroatoms. The van der Waals surface area contributed by atoms with Gasteiger partial charge in [-0.3, -0.25) is 4.79 Å². The van der Waals surface area contributed by atoms with Crippen molar-refractivity contribution in [1.82, 2.24) is 10.6 Å². The van der Waals surface area contributed by atoms with Crippen LogP contribution in [0.15, 0.2) is 70.3 Å². The fourth-order valence-corrected chi connectivity index (χ4v) is 2.62. The van der Waals surface area contributed by atoms with Gasteiger partial charge in [0.05, 0.1) is 11.4 Å². The first kappa shape index (κ1) is 19.0. The molecule has 0 unspecified atom stereocenters. The van der Waals surface area contributed by atoms with Gasteiger partial charge in [-0.1, -0.05) is 65.8 Å². The van der Waals surface area contributed by atoms with Crippen molar-refractivity contribution in [2.24, 2.45) is 5.10 Å². The predicted octanol–water partition coefficient (Wildman–Crippen LogP) is 3.02. The minimum atomic E-state index is -0.665. The average molecular weight is 377 g/mol. The highest BCUT2D eigenvalue weighted by molar-refractivity contribution is 6.13. The maximum absolute atomic E-state index is 12.1. The first-order chi connectivity index (χ1) is 13.6. The summed E-state index contributed by atoms with van der Waals surface area (Å²) < 4.78 is 9.96. The van der Waals surface area contributed by atoms with Gasteiger partial charge in [0.2, 0.25) is 0 Å². The van der Waals surface area contributed by atoms with Crippen molar-refractivity contribution in [2.75, 3.05) is 6.61 Å².